The SMILES string of the molecule is CC.CCCC.CCCCCC(C)CC.CCCc1c[nH]c(C(N=C(N)c2cccc(OC)n2)=Nc2ccncc2F)c1. The minimum atomic E-state index is -0.548. The highest BCUT2D eigenvalue weighted by Gasteiger charge is 2.11. The number of H-pyrrole nitrogens is 1. The molecule has 0 aliphatic carbocycles. The molecule has 0 aromatic carbocycles. The number of ether oxygens (including phenoxy) is 1. The third-order valence-corrected chi connectivity index (χ3v) is 6.42. The monoisotopic (exact) mass is 596 g/mol. The first-order chi connectivity index (χ1) is 20.8. The quantitative estimate of drug-likeness (QED) is 0.123. The fraction of sp³-hybridized carbons (Fsp3) is 0.543. The number of aliphatic imine (C=N–C) groups is 2. The number of aryl methyl sites for hydroxylation is 1. The number of aromatic nitrogens is 3. The number of amidine groups is 2. The summed E-state index contributed by atoms with van der Waals surface area (Å²) in [6.07, 6.45) is 16.0. The van der Waals surface area contributed by atoms with Gasteiger partial charge in [-0.2, -0.15) is 0 Å². The maximum atomic E-state index is 14.1. The van der Waals surface area contributed by atoms with Gasteiger partial charge in [0.15, 0.2) is 17.5 Å². The summed E-state index contributed by atoms with van der Waals surface area (Å²) in [6, 6.07) is 8.58. The molecule has 0 bridgehead atoms. The molecule has 3 rings (SSSR count). The van der Waals surface area contributed by atoms with E-state index < -0.39 is 5.82 Å². The Hall–Kier alpha value is -3.55. The van der Waals surface area contributed by atoms with Gasteiger partial charge in [0, 0.05) is 18.5 Å². The lowest BCUT2D eigenvalue weighted by atomic mass is 10.0. The second kappa shape index (κ2) is 25.0. The molecule has 0 spiro atoms. The molecule has 0 aliphatic heterocycles. The van der Waals surface area contributed by atoms with E-state index in [2.05, 4.69) is 66.5 Å². The van der Waals surface area contributed by atoms with Gasteiger partial charge in [0.05, 0.1) is 19.0 Å². The number of nitrogens with two attached hydrogens (primary N) is 1. The molecule has 0 saturated heterocycles. The van der Waals surface area contributed by atoms with Crippen molar-refractivity contribution in [1.29, 1.82) is 0 Å². The normalized spacial score (nSPS) is 11.7. The van der Waals surface area contributed by atoms with E-state index in [4.69, 9.17) is 10.5 Å². The van der Waals surface area contributed by atoms with Gasteiger partial charge in [-0.3, -0.25) is 4.98 Å². The maximum absolute atomic E-state index is 14.1. The topological polar surface area (TPSA) is 102 Å². The molecule has 3 aromatic heterocycles. The van der Waals surface area contributed by atoms with Crippen LogP contribution in [0.4, 0.5) is 10.1 Å². The molecule has 3 heterocycles. The van der Waals surface area contributed by atoms with Crippen molar-refractivity contribution < 1.29 is 9.13 Å². The smallest absolute Gasteiger partial charge is 0.213 e. The van der Waals surface area contributed by atoms with Gasteiger partial charge in [0.2, 0.25) is 5.88 Å². The number of pyridine rings is 2. The summed E-state index contributed by atoms with van der Waals surface area (Å²) in [4.78, 5) is 19.9. The Morgan fingerprint density at radius 2 is 1.74 bits per heavy atom. The van der Waals surface area contributed by atoms with Crippen LogP contribution in [0.25, 0.3) is 0 Å². The number of rotatable bonds is 12. The fourth-order valence-electron chi connectivity index (χ4n) is 3.51. The first-order valence-electron chi connectivity index (χ1n) is 16.0. The standard InChI is InChI=1S/C20H21FN6O.C9H20.C4H10.C2H6/c1-3-5-13-10-17(24-11-13)20(26-15-8-9-23-12-14(15)21)27-19(22)16-6-4-7-18(25-16)28-2;1-4-6-7-8-9(3)5-2;1-3-4-2;1-2/h4,6-12,24H,3,5H2,1-2H3,(H2,22,23,26,27);9H,4-8H2,1-3H3;3-4H2,1-2H3;1-2H3. The summed E-state index contributed by atoms with van der Waals surface area (Å²) in [5, 5.41) is 0. The van der Waals surface area contributed by atoms with Crippen molar-refractivity contribution in [1.82, 2.24) is 15.0 Å². The highest BCUT2D eigenvalue weighted by Crippen LogP contribution is 2.19. The molecule has 8 heteroatoms. The van der Waals surface area contributed by atoms with E-state index in [1.54, 1.807) is 18.2 Å². The minimum absolute atomic E-state index is 0.117. The van der Waals surface area contributed by atoms with Crippen LogP contribution in [-0.4, -0.2) is 33.7 Å². The molecule has 0 aliphatic rings. The molecule has 43 heavy (non-hydrogen) atoms. The van der Waals surface area contributed by atoms with Crippen LogP contribution in [0, 0.1) is 11.7 Å². The van der Waals surface area contributed by atoms with Crippen molar-refractivity contribution in [2.45, 2.75) is 113 Å². The summed E-state index contributed by atoms with van der Waals surface area (Å²) in [6.45, 7) is 17.3. The first kappa shape index (κ1) is 39.5. The first-order valence-corrected chi connectivity index (χ1v) is 16.0. The lowest BCUT2D eigenvalue weighted by Gasteiger charge is -2.05. The summed E-state index contributed by atoms with van der Waals surface area (Å²) >= 11 is 0. The number of nitrogens with one attached hydrogen (secondary N) is 1. The lowest BCUT2D eigenvalue weighted by Crippen LogP contribution is -2.18. The Morgan fingerprint density at radius 3 is 2.33 bits per heavy atom. The number of halogens is 1. The van der Waals surface area contributed by atoms with Gasteiger partial charge >= 0.3 is 0 Å². The number of unbranched alkanes of at least 4 members (excludes halogenated alkanes) is 3. The zero-order valence-electron chi connectivity index (χ0n) is 28.2. The molecule has 240 valence electrons. The van der Waals surface area contributed by atoms with Gasteiger partial charge in [0.25, 0.3) is 0 Å². The molecule has 0 amide bonds. The van der Waals surface area contributed by atoms with E-state index >= 15 is 0 Å². The summed E-state index contributed by atoms with van der Waals surface area (Å²) in [7, 11) is 1.52. The van der Waals surface area contributed by atoms with Gasteiger partial charge in [0.1, 0.15) is 11.4 Å². The molecule has 0 fully saturated rings. The average Bonchev–Trinajstić information content (AvgIpc) is 3.52. The molecular formula is C35H57FN6O. The number of hydrogen-bond donors (Lipinski definition) is 2. The number of hydrogen-bond acceptors (Lipinski definition) is 4. The molecule has 3 aromatic rings. The van der Waals surface area contributed by atoms with Gasteiger partial charge in [-0.1, -0.05) is 113 Å². The summed E-state index contributed by atoms with van der Waals surface area (Å²) < 4.78 is 19.2. The van der Waals surface area contributed by atoms with Crippen molar-refractivity contribution in [2.24, 2.45) is 21.6 Å². The Bertz CT molecular complexity index is 1170. The minimum Gasteiger partial charge on any atom is -0.481 e. The third-order valence-electron chi connectivity index (χ3n) is 6.42. The van der Waals surface area contributed by atoms with Crippen molar-refractivity contribution >= 4 is 17.4 Å². The average molecular weight is 597 g/mol. The second-order valence-electron chi connectivity index (χ2n) is 10.0. The van der Waals surface area contributed by atoms with Crippen LogP contribution < -0.4 is 10.5 Å². The Kier molecular flexibility index (Phi) is 22.9. The van der Waals surface area contributed by atoms with Crippen molar-refractivity contribution in [3.8, 4) is 5.88 Å². The number of aromatic amines is 1. The highest BCUT2D eigenvalue weighted by molar-refractivity contribution is 6.10. The molecule has 1 unspecified atom stereocenters. The Morgan fingerprint density at radius 1 is 1.02 bits per heavy atom. The molecule has 7 nitrogen and oxygen atoms in total. The van der Waals surface area contributed by atoms with E-state index in [-0.39, 0.29) is 17.4 Å². The zero-order chi connectivity index (χ0) is 32.5. The van der Waals surface area contributed by atoms with Crippen LogP contribution in [0.15, 0.2) is 58.9 Å². The predicted octanol–water partition coefficient (Wildman–Crippen LogP) is 9.83. The number of methoxy groups -OCH3 is 1. The molecular weight excluding hydrogens is 539 g/mol. The van der Waals surface area contributed by atoms with Crippen LogP contribution in [0.1, 0.15) is 124 Å². The van der Waals surface area contributed by atoms with Crippen LogP contribution in [0.2, 0.25) is 0 Å². The van der Waals surface area contributed by atoms with Crippen LogP contribution in [-0.2, 0) is 6.42 Å². The van der Waals surface area contributed by atoms with Crippen molar-refractivity contribution in [3.05, 3.63) is 71.7 Å². The Balaban J connectivity index is 0.000000981. The fourth-order valence-corrected chi connectivity index (χ4v) is 3.51. The zero-order valence-corrected chi connectivity index (χ0v) is 28.2. The second-order valence-corrected chi connectivity index (χ2v) is 10.0. The molecule has 3 N–H and O–H groups in total. The van der Waals surface area contributed by atoms with Crippen molar-refractivity contribution in [2.75, 3.05) is 7.11 Å². The van der Waals surface area contributed by atoms with Crippen LogP contribution in [0.3, 0.4) is 0 Å². The van der Waals surface area contributed by atoms with E-state index in [0.29, 0.717) is 17.3 Å². The largest absolute Gasteiger partial charge is 0.481 e. The predicted molar refractivity (Wildman–Crippen MR) is 182 cm³/mol. The van der Waals surface area contributed by atoms with Crippen LogP contribution in [0.5, 0.6) is 5.88 Å². The van der Waals surface area contributed by atoms with Gasteiger partial charge in [-0.05, 0) is 36.1 Å². The van der Waals surface area contributed by atoms with Crippen molar-refractivity contribution in [3.63, 3.8) is 0 Å². The highest BCUT2D eigenvalue weighted by atomic mass is 19.1. The van der Waals surface area contributed by atoms with Crippen LogP contribution >= 0.6 is 0 Å². The van der Waals surface area contributed by atoms with E-state index in [1.165, 1.54) is 64.3 Å². The third kappa shape index (κ3) is 16.6. The van der Waals surface area contributed by atoms with E-state index in [9.17, 15) is 4.39 Å². The Labute approximate surface area is 260 Å². The van der Waals surface area contributed by atoms with Gasteiger partial charge < -0.3 is 15.5 Å². The lowest BCUT2D eigenvalue weighted by molar-refractivity contribution is 0.397. The summed E-state index contributed by atoms with van der Waals surface area (Å²) in [5.41, 5.74) is 8.43. The molecule has 1 atom stereocenters. The number of nitrogens with zero attached hydrogens (tertiary/aromatic N) is 4. The molecule has 0 saturated carbocycles. The maximum Gasteiger partial charge on any atom is 0.213 e. The van der Waals surface area contributed by atoms with E-state index in [0.717, 1.165) is 30.5 Å². The van der Waals surface area contributed by atoms with E-state index in [1.807, 2.05) is 26.1 Å². The molecule has 0 radical (unpaired) electrons. The van der Waals surface area contributed by atoms with Gasteiger partial charge in [-0.25, -0.2) is 19.4 Å². The summed E-state index contributed by atoms with van der Waals surface area (Å²) in [5.74, 6) is 1.21. The van der Waals surface area contributed by atoms with Gasteiger partial charge in [-0.15, -0.1) is 0 Å².